The first-order valence-electron chi connectivity index (χ1n) is 4.32. The van der Waals surface area contributed by atoms with Gasteiger partial charge in [-0.15, -0.1) is 58.0 Å². The molecule has 0 spiro atoms. The lowest BCUT2D eigenvalue weighted by Crippen LogP contribution is -2.55. The van der Waals surface area contributed by atoms with Gasteiger partial charge in [0.05, 0.1) is 33.0 Å². The van der Waals surface area contributed by atoms with Crippen molar-refractivity contribution in [2.75, 3.05) is 6.61 Å². The molecule has 4 atom stereocenters. The summed E-state index contributed by atoms with van der Waals surface area (Å²) in [6, 6.07) is 0. The zero-order chi connectivity index (χ0) is 10.9. The van der Waals surface area contributed by atoms with Gasteiger partial charge in [-0.1, -0.05) is 0 Å². The van der Waals surface area contributed by atoms with Crippen LogP contribution >= 0.6 is 58.0 Å². The predicted molar refractivity (Wildman–Crippen MR) is 63.6 cm³/mol. The second kappa shape index (κ2) is 5.65. The van der Waals surface area contributed by atoms with Crippen molar-refractivity contribution in [3.8, 4) is 0 Å². The van der Waals surface area contributed by atoms with Gasteiger partial charge in [0.15, 0.2) is 0 Å². The SMILES string of the molecule is CCOC1C(Cl)C(Cl)C(Cl)C(Cl)C1Cl. The fourth-order valence-corrected chi connectivity index (χ4v) is 3.43. The first-order chi connectivity index (χ1) is 6.50. The lowest BCUT2D eigenvalue weighted by Gasteiger charge is -2.40. The quantitative estimate of drug-likeness (QED) is 0.710. The molecule has 0 bridgehead atoms. The smallest absolute Gasteiger partial charge is 0.0931 e. The number of ether oxygens (including phenoxy) is 1. The minimum absolute atomic E-state index is 0.344. The van der Waals surface area contributed by atoms with Gasteiger partial charge in [0.2, 0.25) is 0 Å². The molecule has 0 N–H and O–H groups in total. The molecule has 0 heterocycles. The fraction of sp³-hybridized carbons (Fsp3) is 1.00. The Balaban J connectivity index is 2.75. The topological polar surface area (TPSA) is 9.23 Å². The number of hydrogen-bond acceptors (Lipinski definition) is 1. The fourth-order valence-electron chi connectivity index (χ4n) is 1.44. The van der Waals surface area contributed by atoms with Gasteiger partial charge in [0, 0.05) is 6.61 Å². The molecule has 1 fully saturated rings. The third kappa shape index (κ3) is 2.56. The van der Waals surface area contributed by atoms with E-state index in [0.717, 1.165) is 0 Å². The Hall–Kier alpha value is 1.41. The molecule has 1 saturated carbocycles. The molecular formula is C8H11Cl5O. The largest absolute Gasteiger partial charge is 0.375 e. The van der Waals surface area contributed by atoms with Gasteiger partial charge in [0.1, 0.15) is 0 Å². The molecule has 1 rings (SSSR count). The normalized spacial score (nSPS) is 49.3. The van der Waals surface area contributed by atoms with E-state index in [9.17, 15) is 0 Å². The van der Waals surface area contributed by atoms with Crippen LogP contribution in [0.4, 0.5) is 0 Å². The van der Waals surface area contributed by atoms with Crippen LogP contribution in [0, 0.1) is 0 Å². The summed E-state index contributed by atoms with van der Waals surface area (Å²) in [4.78, 5) is 0. The van der Waals surface area contributed by atoms with Crippen molar-refractivity contribution in [3.63, 3.8) is 0 Å². The van der Waals surface area contributed by atoms with E-state index in [2.05, 4.69) is 0 Å². The van der Waals surface area contributed by atoms with Crippen LogP contribution in [0.2, 0.25) is 0 Å². The molecule has 0 aromatic carbocycles. The summed E-state index contributed by atoms with van der Waals surface area (Å²) in [6.45, 7) is 2.39. The molecule has 0 radical (unpaired) electrons. The van der Waals surface area contributed by atoms with Crippen molar-refractivity contribution in [1.29, 1.82) is 0 Å². The zero-order valence-electron chi connectivity index (χ0n) is 7.47. The lowest BCUT2D eigenvalue weighted by atomic mass is 9.95. The minimum atomic E-state index is -0.431. The molecule has 4 unspecified atom stereocenters. The van der Waals surface area contributed by atoms with Crippen molar-refractivity contribution in [1.82, 2.24) is 0 Å². The van der Waals surface area contributed by atoms with E-state index in [1.165, 1.54) is 0 Å². The van der Waals surface area contributed by atoms with Crippen LogP contribution in [0.25, 0.3) is 0 Å². The molecule has 0 aliphatic heterocycles. The lowest BCUT2D eigenvalue weighted by molar-refractivity contribution is 0.0457. The number of rotatable bonds is 2. The van der Waals surface area contributed by atoms with E-state index < -0.39 is 26.9 Å². The van der Waals surface area contributed by atoms with Crippen molar-refractivity contribution in [3.05, 3.63) is 0 Å². The Morgan fingerprint density at radius 2 is 1.14 bits per heavy atom. The van der Waals surface area contributed by atoms with Crippen LogP contribution in [-0.4, -0.2) is 39.6 Å². The molecule has 14 heavy (non-hydrogen) atoms. The van der Waals surface area contributed by atoms with E-state index in [-0.39, 0.29) is 6.10 Å². The standard InChI is InChI=1S/C8H11Cl5O/c1-2-14-8-6(12)4(10)3(9)5(11)7(8)13/h3-8H,2H2,1H3. The predicted octanol–water partition coefficient (Wildman–Crippen LogP) is 3.44. The first-order valence-corrected chi connectivity index (χ1v) is 6.50. The summed E-state index contributed by atoms with van der Waals surface area (Å²) in [5, 5.41) is -2.09. The molecule has 0 aromatic heterocycles. The summed E-state index contributed by atoms with van der Waals surface area (Å²) in [5.41, 5.74) is 0. The Morgan fingerprint density at radius 1 is 0.786 bits per heavy atom. The van der Waals surface area contributed by atoms with E-state index in [0.29, 0.717) is 6.61 Å². The number of halogens is 5. The molecule has 0 saturated heterocycles. The molecule has 0 amide bonds. The maximum atomic E-state index is 6.08. The average Bonchev–Trinajstić information content (AvgIpc) is 2.19. The zero-order valence-corrected chi connectivity index (χ0v) is 11.2. The van der Waals surface area contributed by atoms with Crippen LogP contribution < -0.4 is 0 Å². The molecule has 1 aliphatic rings. The van der Waals surface area contributed by atoms with Gasteiger partial charge in [0.25, 0.3) is 0 Å². The van der Waals surface area contributed by atoms with Crippen molar-refractivity contribution < 1.29 is 4.74 Å². The maximum Gasteiger partial charge on any atom is 0.0931 e. The van der Waals surface area contributed by atoms with E-state index in [4.69, 9.17) is 62.7 Å². The van der Waals surface area contributed by atoms with Crippen LogP contribution in [0.15, 0.2) is 0 Å². The van der Waals surface area contributed by atoms with Crippen LogP contribution in [-0.2, 0) is 4.74 Å². The van der Waals surface area contributed by atoms with E-state index in [1.807, 2.05) is 6.92 Å². The van der Waals surface area contributed by atoms with Crippen molar-refractivity contribution in [2.45, 2.75) is 39.9 Å². The Bertz CT molecular complexity index is 175. The van der Waals surface area contributed by atoms with E-state index in [1.54, 1.807) is 0 Å². The van der Waals surface area contributed by atoms with Gasteiger partial charge >= 0.3 is 0 Å². The van der Waals surface area contributed by atoms with Gasteiger partial charge < -0.3 is 4.74 Å². The molecule has 84 valence electrons. The highest BCUT2D eigenvalue weighted by molar-refractivity contribution is 6.41. The molecule has 6 heteroatoms. The van der Waals surface area contributed by atoms with Crippen LogP contribution in [0.1, 0.15) is 6.92 Å². The van der Waals surface area contributed by atoms with Gasteiger partial charge in [-0.3, -0.25) is 0 Å². The van der Waals surface area contributed by atoms with Crippen molar-refractivity contribution in [2.24, 2.45) is 0 Å². The molecule has 0 aromatic rings. The van der Waals surface area contributed by atoms with Crippen LogP contribution in [0.5, 0.6) is 0 Å². The highest BCUT2D eigenvalue weighted by atomic mass is 35.5. The summed E-state index contributed by atoms with van der Waals surface area (Å²) in [7, 11) is 0. The highest BCUT2D eigenvalue weighted by Crippen LogP contribution is 2.38. The highest BCUT2D eigenvalue weighted by Gasteiger charge is 2.48. The first kappa shape index (κ1) is 13.5. The monoisotopic (exact) mass is 298 g/mol. The summed E-state index contributed by atoms with van der Waals surface area (Å²) in [6.07, 6.45) is -0.344. The number of hydrogen-bond donors (Lipinski definition) is 0. The average molecular weight is 300 g/mol. The third-order valence-corrected chi connectivity index (χ3v) is 5.39. The molecule has 1 nitrogen and oxygen atoms in total. The molecular weight excluding hydrogens is 289 g/mol. The van der Waals surface area contributed by atoms with Crippen LogP contribution in [0.3, 0.4) is 0 Å². The van der Waals surface area contributed by atoms with Gasteiger partial charge in [-0.2, -0.15) is 0 Å². The summed E-state index contributed by atoms with van der Waals surface area (Å²) in [5.74, 6) is 0. The third-order valence-electron chi connectivity index (χ3n) is 2.20. The molecule has 1 aliphatic carbocycles. The van der Waals surface area contributed by atoms with Gasteiger partial charge in [-0.25, -0.2) is 0 Å². The number of alkyl halides is 5. The van der Waals surface area contributed by atoms with E-state index >= 15 is 0 Å². The second-order valence-corrected chi connectivity index (χ2v) is 5.66. The maximum absolute atomic E-state index is 6.08. The second-order valence-electron chi connectivity index (χ2n) is 3.14. The Labute approximate surface area is 109 Å². The minimum Gasteiger partial charge on any atom is -0.375 e. The van der Waals surface area contributed by atoms with Crippen molar-refractivity contribution >= 4 is 58.0 Å². The summed E-state index contributed by atoms with van der Waals surface area (Å²) < 4.78 is 5.41. The van der Waals surface area contributed by atoms with Gasteiger partial charge in [-0.05, 0) is 6.92 Å². The summed E-state index contributed by atoms with van der Waals surface area (Å²) >= 11 is 30.2. The Morgan fingerprint density at radius 3 is 1.50 bits per heavy atom. The Kier molecular flexibility index (Phi) is 5.44.